The number of amides is 1. The molecule has 29 heavy (non-hydrogen) atoms. The highest BCUT2D eigenvalue weighted by molar-refractivity contribution is 7.22. The van der Waals surface area contributed by atoms with Crippen molar-refractivity contribution in [3.8, 4) is 5.75 Å². The van der Waals surface area contributed by atoms with E-state index in [1.165, 1.54) is 16.2 Å². The minimum atomic E-state index is -1.82. The third-order valence-corrected chi connectivity index (χ3v) is 6.27. The topological polar surface area (TPSA) is 55.3 Å². The van der Waals surface area contributed by atoms with Crippen molar-refractivity contribution >= 4 is 32.6 Å². The number of anilines is 1. The number of alkyl halides is 1. The Hall–Kier alpha value is -2.54. The lowest BCUT2D eigenvalue weighted by atomic mass is 9.85. The summed E-state index contributed by atoms with van der Waals surface area (Å²) in [4.78, 5) is 23.6. The van der Waals surface area contributed by atoms with E-state index < -0.39 is 11.6 Å². The molecule has 0 spiro atoms. The first-order valence-electron chi connectivity index (χ1n) is 10.0. The van der Waals surface area contributed by atoms with Gasteiger partial charge in [-0.2, -0.15) is 0 Å². The Morgan fingerprint density at radius 2 is 2.10 bits per heavy atom. The molecule has 0 radical (unpaired) electrons. The Bertz CT molecular complexity index is 986. The van der Waals surface area contributed by atoms with Gasteiger partial charge in [0.2, 0.25) is 0 Å². The highest BCUT2D eigenvalue weighted by Crippen LogP contribution is 2.38. The van der Waals surface area contributed by atoms with Crippen LogP contribution in [-0.4, -0.2) is 28.2 Å². The minimum absolute atomic E-state index is 0.247. The quantitative estimate of drug-likeness (QED) is 0.551. The van der Waals surface area contributed by atoms with Gasteiger partial charge in [-0.15, -0.1) is 0 Å². The second kappa shape index (κ2) is 8.45. The van der Waals surface area contributed by atoms with Gasteiger partial charge < -0.3 is 4.74 Å². The molecule has 0 atom stereocenters. The maximum atomic E-state index is 15.6. The number of fused-ring (bicyclic) bond motifs is 1. The van der Waals surface area contributed by atoms with Crippen molar-refractivity contribution in [1.29, 1.82) is 0 Å². The molecule has 5 nitrogen and oxygen atoms in total. The van der Waals surface area contributed by atoms with Gasteiger partial charge >= 0.3 is 0 Å². The molecule has 0 unspecified atom stereocenters. The van der Waals surface area contributed by atoms with Gasteiger partial charge in [-0.05, 0) is 62.4 Å². The van der Waals surface area contributed by atoms with Gasteiger partial charge in [-0.1, -0.05) is 23.8 Å². The lowest BCUT2D eigenvalue weighted by Crippen LogP contribution is -2.47. The third kappa shape index (κ3) is 4.24. The highest BCUT2D eigenvalue weighted by atomic mass is 32.1. The van der Waals surface area contributed by atoms with Crippen molar-refractivity contribution in [3.05, 3.63) is 48.3 Å². The van der Waals surface area contributed by atoms with Crippen molar-refractivity contribution < 1.29 is 13.9 Å². The zero-order valence-corrected chi connectivity index (χ0v) is 17.3. The predicted octanol–water partition coefficient (Wildman–Crippen LogP) is 5.30. The molecule has 4 rings (SSSR count). The largest absolute Gasteiger partial charge is 0.494 e. The molecular weight excluding hydrogens is 389 g/mol. The van der Waals surface area contributed by atoms with Crippen LogP contribution in [-0.2, 0) is 11.3 Å². The molecule has 3 aromatic rings. The molecule has 1 fully saturated rings. The fraction of sp³-hybridized carbons (Fsp3) is 0.409. The fourth-order valence-corrected chi connectivity index (χ4v) is 4.72. The maximum Gasteiger partial charge on any atom is 0.266 e. The Balaban J connectivity index is 1.71. The molecule has 1 aliphatic carbocycles. The van der Waals surface area contributed by atoms with Gasteiger partial charge in [-0.25, -0.2) is 9.37 Å². The first-order valence-corrected chi connectivity index (χ1v) is 10.8. The van der Waals surface area contributed by atoms with Gasteiger partial charge in [0.05, 0.1) is 23.4 Å². The van der Waals surface area contributed by atoms with Crippen molar-refractivity contribution in [2.45, 2.75) is 51.2 Å². The first kappa shape index (κ1) is 19.8. The molecule has 1 aromatic carbocycles. The van der Waals surface area contributed by atoms with E-state index in [0.717, 1.165) is 40.8 Å². The SMILES string of the molecule is CCOc1ccc2nc(N(Cc3cccnc3)C(=O)C3(F)CCCCC3)sc2c1. The van der Waals surface area contributed by atoms with Crippen molar-refractivity contribution in [3.63, 3.8) is 0 Å². The zero-order valence-electron chi connectivity index (χ0n) is 16.4. The summed E-state index contributed by atoms with van der Waals surface area (Å²) >= 11 is 1.38. The van der Waals surface area contributed by atoms with Crippen LogP contribution < -0.4 is 9.64 Å². The smallest absolute Gasteiger partial charge is 0.266 e. The van der Waals surface area contributed by atoms with Crippen LogP contribution >= 0.6 is 11.3 Å². The summed E-state index contributed by atoms with van der Waals surface area (Å²) in [5.74, 6) is 0.264. The Morgan fingerprint density at radius 3 is 2.83 bits per heavy atom. The van der Waals surface area contributed by atoms with Crippen molar-refractivity contribution in [2.24, 2.45) is 0 Å². The molecule has 0 bridgehead atoms. The second-order valence-electron chi connectivity index (χ2n) is 7.34. The molecule has 0 aliphatic heterocycles. The number of carbonyl (C=O) groups excluding carboxylic acids is 1. The van der Waals surface area contributed by atoms with Crippen LogP contribution in [0.2, 0.25) is 0 Å². The lowest BCUT2D eigenvalue weighted by Gasteiger charge is -2.32. The van der Waals surface area contributed by atoms with E-state index in [-0.39, 0.29) is 19.4 Å². The summed E-state index contributed by atoms with van der Waals surface area (Å²) in [6.07, 6.45) is 6.38. The van der Waals surface area contributed by atoms with Gasteiger partial charge in [-0.3, -0.25) is 14.7 Å². The van der Waals surface area contributed by atoms with Gasteiger partial charge in [0, 0.05) is 12.4 Å². The number of benzene rings is 1. The van der Waals surface area contributed by atoms with E-state index in [2.05, 4.69) is 9.97 Å². The third-order valence-electron chi connectivity index (χ3n) is 5.23. The molecule has 0 N–H and O–H groups in total. The summed E-state index contributed by atoms with van der Waals surface area (Å²) in [6.45, 7) is 2.76. The molecule has 0 saturated heterocycles. The molecule has 2 aromatic heterocycles. The van der Waals surface area contributed by atoms with Crippen LogP contribution in [0.4, 0.5) is 9.52 Å². The number of pyridine rings is 1. The molecule has 2 heterocycles. The van der Waals surface area contributed by atoms with Gasteiger partial charge in [0.1, 0.15) is 5.75 Å². The Labute approximate surface area is 173 Å². The van der Waals surface area contributed by atoms with E-state index >= 15 is 4.39 Å². The number of halogens is 1. The molecule has 1 aliphatic rings. The number of thiazole rings is 1. The Morgan fingerprint density at radius 1 is 1.28 bits per heavy atom. The zero-order chi connectivity index (χ0) is 20.3. The fourth-order valence-electron chi connectivity index (χ4n) is 3.73. The van der Waals surface area contributed by atoms with Crippen molar-refractivity contribution in [1.82, 2.24) is 9.97 Å². The van der Waals surface area contributed by atoms with E-state index in [1.807, 2.05) is 37.3 Å². The number of nitrogens with zero attached hydrogens (tertiary/aromatic N) is 3. The van der Waals surface area contributed by atoms with E-state index in [4.69, 9.17) is 4.74 Å². The summed E-state index contributed by atoms with van der Waals surface area (Å²) in [5, 5.41) is 0.505. The number of hydrogen-bond donors (Lipinski definition) is 0. The molecule has 1 saturated carbocycles. The van der Waals surface area contributed by atoms with Gasteiger partial charge in [0.25, 0.3) is 5.91 Å². The van der Waals surface area contributed by atoms with Gasteiger partial charge in [0.15, 0.2) is 10.8 Å². The average Bonchev–Trinajstić information content (AvgIpc) is 3.16. The van der Waals surface area contributed by atoms with E-state index in [9.17, 15) is 4.79 Å². The van der Waals surface area contributed by atoms with Crippen LogP contribution in [0, 0.1) is 0 Å². The molecule has 1 amide bonds. The van der Waals surface area contributed by atoms with Crippen LogP contribution in [0.3, 0.4) is 0 Å². The second-order valence-corrected chi connectivity index (χ2v) is 8.35. The number of carbonyl (C=O) groups is 1. The first-order chi connectivity index (χ1) is 14.1. The molecular formula is C22H24FN3O2S. The van der Waals surface area contributed by atoms with Crippen LogP contribution in [0.25, 0.3) is 10.2 Å². The van der Waals surface area contributed by atoms with Crippen molar-refractivity contribution in [2.75, 3.05) is 11.5 Å². The highest BCUT2D eigenvalue weighted by Gasteiger charge is 2.43. The number of aromatic nitrogens is 2. The summed E-state index contributed by atoms with van der Waals surface area (Å²) in [6, 6.07) is 9.36. The minimum Gasteiger partial charge on any atom is -0.494 e. The van der Waals surface area contributed by atoms with Crippen LogP contribution in [0.15, 0.2) is 42.7 Å². The monoisotopic (exact) mass is 413 g/mol. The summed E-state index contributed by atoms with van der Waals surface area (Å²) < 4.78 is 22.1. The normalized spacial score (nSPS) is 15.9. The summed E-state index contributed by atoms with van der Waals surface area (Å²) in [5.41, 5.74) is -0.210. The molecule has 152 valence electrons. The Kier molecular flexibility index (Phi) is 5.76. The predicted molar refractivity (Wildman–Crippen MR) is 113 cm³/mol. The van der Waals surface area contributed by atoms with Crippen LogP contribution in [0.5, 0.6) is 5.75 Å². The van der Waals surface area contributed by atoms with E-state index in [1.54, 1.807) is 12.4 Å². The average molecular weight is 414 g/mol. The number of ether oxygens (including phenoxy) is 1. The number of hydrogen-bond acceptors (Lipinski definition) is 5. The van der Waals surface area contributed by atoms with Crippen LogP contribution in [0.1, 0.15) is 44.6 Å². The standard InChI is InChI=1S/C22H24FN3O2S/c1-2-28-17-8-9-18-19(13-17)29-21(25-18)26(15-16-7-6-12-24-14-16)20(27)22(23)10-4-3-5-11-22/h6-9,12-14H,2-5,10-11,15H2,1H3. The molecule has 7 heteroatoms. The maximum absolute atomic E-state index is 15.6. The lowest BCUT2D eigenvalue weighted by molar-refractivity contribution is -0.132. The number of rotatable bonds is 6. The summed E-state index contributed by atoms with van der Waals surface area (Å²) in [7, 11) is 0. The van der Waals surface area contributed by atoms with E-state index in [0.29, 0.717) is 11.7 Å².